The van der Waals surface area contributed by atoms with Crippen LogP contribution in [0.4, 0.5) is 11.5 Å². The highest BCUT2D eigenvalue weighted by molar-refractivity contribution is 6.06. The van der Waals surface area contributed by atoms with E-state index in [-0.39, 0.29) is 5.56 Å². The van der Waals surface area contributed by atoms with E-state index in [0.29, 0.717) is 29.5 Å². The van der Waals surface area contributed by atoms with Crippen molar-refractivity contribution in [2.24, 2.45) is 5.73 Å². The summed E-state index contributed by atoms with van der Waals surface area (Å²) in [7, 11) is 0. The van der Waals surface area contributed by atoms with E-state index in [1.807, 2.05) is 32.0 Å². The maximum Gasteiger partial charge on any atom is 0.253 e. The van der Waals surface area contributed by atoms with E-state index in [0.717, 1.165) is 60.3 Å². The highest BCUT2D eigenvalue weighted by atomic mass is 16.5. The van der Waals surface area contributed by atoms with Crippen molar-refractivity contribution in [3.63, 3.8) is 0 Å². The van der Waals surface area contributed by atoms with Crippen molar-refractivity contribution < 1.29 is 9.53 Å². The smallest absolute Gasteiger partial charge is 0.253 e. The van der Waals surface area contributed by atoms with Crippen molar-refractivity contribution in [2.75, 3.05) is 30.0 Å². The van der Waals surface area contributed by atoms with Crippen LogP contribution in [0.2, 0.25) is 0 Å². The van der Waals surface area contributed by atoms with Crippen LogP contribution in [0.15, 0.2) is 35.3 Å². The van der Waals surface area contributed by atoms with E-state index in [1.165, 1.54) is 0 Å². The van der Waals surface area contributed by atoms with Crippen molar-refractivity contribution >= 4 is 28.2 Å². The molecule has 0 atom stereocenters. The first-order valence-corrected chi connectivity index (χ1v) is 11.4. The predicted octanol–water partition coefficient (Wildman–Crippen LogP) is 3.26. The molecule has 1 aliphatic rings. The molecular weight excluding hydrogens is 418 g/mol. The maximum absolute atomic E-state index is 12.5. The number of nitrogens with two attached hydrogens (primary N) is 1. The Labute approximate surface area is 193 Å². The first-order valence-electron chi connectivity index (χ1n) is 11.4. The second-order valence-electron chi connectivity index (χ2n) is 8.54. The molecule has 3 heterocycles. The number of H-pyrrole nitrogens is 1. The fourth-order valence-electron chi connectivity index (χ4n) is 4.68. The molecule has 174 valence electrons. The molecule has 8 heteroatoms. The molecule has 1 saturated heterocycles. The summed E-state index contributed by atoms with van der Waals surface area (Å²) in [6.45, 7) is 8.48. The van der Waals surface area contributed by atoms with Gasteiger partial charge >= 0.3 is 0 Å². The van der Waals surface area contributed by atoms with Gasteiger partial charge < -0.3 is 25.7 Å². The number of nitrogens with one attached hydrogen (secondary N) is 2. The summed E-state index contributed by atoms with van der Waals surface area (Å²) in [6, 6.07) is 7.90. The van der Waals surface area contributed by atoms with E-state index < -0.39 is 5.91 Å². The SMILES string of the molecule is CCN(c1cc(C(N)=O)cc2c(NCc3c(C)cc(C)[nH]c3=O)nccc12)C1CCOCC1. The summed E-state index contributed by atoms with van der Waals surface area (Å²) < 4.78 is 5.55. The first-order chi connectivity index (χ1) is 15.9. The fraction of sp³-hybridized carbons (Fsp3) is 0.400. The number of aromatic amines is 1. The van der Waals surface area contributed by atoms with Gasteiger partial charge in [0.2, 0.25) is 5.91 Å². The Morgan fingerprint density at radius 2 is 2.00 bits per heavy atom. The Morgan fingerprint density at radius 1 is 1.24 bits per heavy atom. The molecule has 1 amide bonds. The van der Waals surface area contributed by atoms with Gasteiger partial charge in [0.25, 0.3) is 5.56 Å². The second-order valence-corrected chi connectivity index (χ2v) is 8.54. The standard InChI is InChI=1S/C25H31N5O3/c1-4-30(18-6-9-33-10-7-18)22-13-17(23(26)31)12-20-19(22)5-8-27-24(20)28-14-21-15(2)11-16(3)29-25(21)32/h5,8,11-13,18H,4,6-7,9-10,14H2,1-3H3,(H2,26,31)(H,27,28)(H,29,32). The summed E-state index contributed by atoms with van der Waals surface area (Å²) in [6.07, 6.45) is 3.62. The number of aryl methyl sites for hydroxylation is 2. The highest BCUT2D eigenvalue weighted by Crippen LogP contribution is 2.34. The van der Waals surface area contributed by atoms with Crippen LogP contribution in [-0.4, -0.2) is 41.7 Å². The molecular formula is C25H31N5O3. The molecule has 8 nitrogen and oxygen atoms in total. The van der Waals surface area contributed by atoms with Gasteiger partial charge in [0.1, 0.15) is 5.82 Å². The number of hydrogen-bond acceptors (Lipinski definition) is 6. The summed E-state index contributed by atoms with van der Waals surface area (Å²) in [4.78, 5) is 34.4. The minimum atomic E-state index is -0.484. The van der Waals surface area contributed by atoms with Gasteiger partial charge in [-0.15, -0.1) is 0 Å². The molecule has 1 aromatic carbocycles. The van der Waals surface area contributed by atoms with Gasteiger partial charge in [-0.1, -0.05) is 0 Å². The average Bonchev–Trinajstić information content (AvgIpc) is 2.79. The number of benzene rings is 1. The van der Waals surface area contributed by atoms with Crippen molar-refractivity contribution in [1.82, 2.24) is 9.97 Å². The first kappa shape index (κ1) is 22.8. The summed E-state index contributed by atoms with van der Waals surface area (Å²) in [5, 5.41) is 5.10. The van der Waals surface area contributed by atoms with Crippen molar-refractivity contribution in [2.45, 2.75) is 46.2 Å². The van der Waals surface area contributed by atoms with E-state index in [1.54, 1.807) is 12.3 Å². The van der Waals surface area contributed by atoms with Gasteiger partial charge in [-0.05, 0) is 63.4 Å². The van der Waals surface area contributed by atoms with Gasteiger partial charge in [0, 0.05) is 71.8 Å². The van der Waals surface area contributed by atoms with Crippen LogP contribution in [0.1, 0.15) is 46.9 Å². The predicted molar refractivity (Wildman–Crippen MR) is 131 cm³/mol. The van der Waals surface area contributed by atoms with Gasteiger partial charge in [0.05, 0.1) is 0 Å². The lowest BCUT2D eigenvalue weighted by Gasteiger charge is -2.36. The minimum Gasteiger partial charge on any atom is -0.381 e. The zero-order valence-electron chi connectivity index (χ0n) is 19.4. The van der Waals surface area contributed by atoms with E-state index >= 15 is 0 Å². The Kier molecular flexibility index (Phi) is 6.65. The Balaban J connectivity index is 1.77. The molecule has 2 aromatic heterocycles. The number of carbonyl (C=O) groups excluding carboxylic acids is 1. The third kappa shape index (κ3) is 4.71. The van der Waals surface area contributed by atoms with Gasteiger partial charge in [-0.2, -0.15) is 0 Å². The van der Waals surface area contributed by atoms with Crippen molar-refractivity contribution in [3.8, 4) is 0 Å². The third-order valence-corrected chi connectivity index (χ3v) is 6.35. The number of hydrogen-bond donors (Lipinski definition) is 3. The largest absolute Gasteiger partial charge is 0.381 e. The van der Waals surface area contributed by atoms with E-state index in [4.69, 9.17) is 10.5 Å². The Bertz CT molecular complexity index is 1230. The van der Waals surface area contributed by atoms with E-state index in [2.05, 4.69) is 27.1 Å². The number of nitrogens with zero attached hydrogens (tertiary/aromatic N) is 2. The fourth-order valence-corrected chi connectivity index (χ4v) is 4.68. The zero-order chi connectivity index (χ0) is 23.5. The molecule has 0 radical (unpaired) electrons. The number of primary amides is 1. The normalized spacial score (nSPS) is 14.4. The van der Waals surface area contributed by atoms with Gasteiger partial charge in [-0.25, -0.2) is 4.98 Å². The molecule has 0 spiro atoms. The van der Waals surface area contributed by atoms with Crippen LogP contribution in [0.5, 0.6) is 0 Å². The quantitative estimate of drug-likeness (QED) is 0.510. The van der Waals surface area contributed by atoms with Crippen LogP contribution >= 0.6 is 0 Å². The lowest BCUT2D eigenvalue weighted by atomic mass is 10.0. The van der Waals surface area contributed by atoms with Crippen LogP contribution < -0.4 is 21.5 Å². The molecule has 0 unspecified atom stereocenters. The Morgan fingerprint density at radius 3 is 2.67 bits per heavy atom. The molecule has 3 aromatic rings. The molecule has 0 bridgehead atoms. The molecule has 33 heavy (non-hydrogen) atoms. The molecule has 4 N–H and O–H groups in total. The molecule has 1 aliphatic heterocycles. The lowest BCUT2D eigenvalue weighted by molar-refractivity contribution is 0.0846. The summed E-state index contributed by atoms with van der Waals surface area (Å²) in [5.41, 5.74) is 9.38. The number of rotatable bonds is 7. The third-order valence-electron chi connectivity index (χ3n) is 6.35. The topological polar surface area (TPSA) is 113 Å². The average molecular weight is 450 g/mol. The van der Waals surface area contributed by atoms with Crippen LogP contribution in [0.25, 0.3) is 10.8 Å². The lowest BCUT2D eigenvalue weighted by Crippen LogP contribution is -2.39. The van der Waals surface area contributed by atoms with Crippen LogP contribution in [-0.2, 0) is 11.3 Å². The molecule has 4 rings (SSSR count). The van der Waals surface area contributed by atoms with Gasteiger partial charge in [-0.3, -0.25) is 9.59 Å². The van der Waals surface area contributed by atoms with Crippen molar-refractivity contribution in [3.05, 3.63) is 63.2 Å². The van der Waals surface area contributed by atoms with Crippen LogP contribution in [0.3, 0.4) is 0 Å². The molecule has 0 aliphatic carbocycles. The number of ether oxygens (including phenoxy) is 1. The molecule has 1 fully saturated rings. The van der Waals surface area contributed by atoms with Gasteiger partial charge in [0.15, 0.2) is 0 Å². The molecule has 0 saturated carbocycles. The number of aromatic nitrogens is 2. The second kappa shape index (κ2) is 9.62. The maximum atomic E-state index is 12.5. The van der Waals surface area contributed by atoms with Crippen molar-refractivity contribution in [1.29, 1.82) is 0 Å². The zero-order valence-corrected chi connectivity index (χ0v) is 19.4. The number of fused-ring (bicyclic) bond motifs is 1. The Hall–Kier alpha value is -3.39. The highest BCUT2D eigenvalue weighted by Gasteiger charge is 2.24. The van der Waals surface area contributed by atoms with E-state index in [9.17, 15) is 9.59 Å². The number of pyridine rings is 2. The summed E-state index contributed by atoms with van der Waals surface area (Å²) in [5.74, 6) is 0.126. The number of amides is 1. The number of anilines is 2. The number of carbonyl (C=O) groups is 1. The monoisotopic (exact) mass is 449 g/mol. The summed E-state index contributed by atoms with van der Waals surface area (Å²) >= 11 is 0. The van der Waals surface area contributed by atoms with Crippen LogP contribution in [0, 0.1) is 13.8 Å². The minimum absolute atomic E-state index is 0.115.